The molecule has 3 heterocycles. The third-order valence-corrected chi connectivity index (χ3v) is 8.74. The van der Waals surface area contributed by atoms with Crippen molar-refractivity contribution in [2.24, 2.45) is 5.92 Å². The van der Waals surface area contributed by atoms with Gasteiger partial charge in [0.05, 0.1) is 38.2 Å². The lowest BCUT2D eigenvalue weighted by atomic mass is 9.87. The number of ketones is 1. The number of Topliss-reactive ketones (excluding diaryl/α,β-unsaturated/α-hetero) is 1. The number of para-hydroxylation sites is 1. The number of ether oxygens (including phenoxy) is 4. The van der Waals surface area contributed by atoms with Crippen molar-refractivity contribution in [2.45, 2.75) is 71.1 Å². The van der Waals surface area contributed by atoms with Crippen molar-refractivity contribution in [2.75, 3.05) is 27.4 Å². The first kappa shape index (κ1) is 31.0. The number of nitrogens with one attached hydrogen (secondary N) is 1. The molecular formula is C33H40ClN3O6. The molecule has 2 aromatic carbocycles. The van der Waals surface area contributed by atoms with Crippen LogP contribution >= 0.6 is 11.6 Å². The number of methoxy groups -OCH3 is 2. The van der Waals surface area contributed by atoms with E-state index in [1.54, 1.807) is 21.1 Å². The number of piperidine rings is 1. The normalized spacial score (nSPS) is 21.3. The predicted octanol–water partition coefficient (Wildman–Crippen LogP) is 5.99. The van der Waals surface area contributed by atoms with Crippen LogP contribution in [0, 0.1) is 19.8 Å². The molecule has 0 aliphatic carbocycles. The second kappa shape index (κ2) is 13.5. The van der Waals surface area contributed by atoms with Crippen LogP contribution in [0.5, 0.6) is 11.5 Å². The molecule has 9 nitrogen and oxygen atoms in total. The Morgan fingerprint density at radius 3 is 2.70 bits per heavy atom. The Morgan fingerprint density at radius 1 is 1.14 bits per heavy atom. The molecule has 4 atom stereocenters. The minimum Gasteiger partial charge on any atom is -0.493 e. The Hall–Kier alpha value is -3.40. The highest BCUT2D eigenvalue weighted by Gasteiger charge is 2.36. The van der Waals surface area contributed by atoms with Gasteiger partial charge in [0.2, 0.25) is 0 Å². The van der Waals surface area contributed by atoms with Crippen LogP contribution < -0.4 is 14.8 Å². The third kappa shape index (κ3) is 6.44. The van der Waals surface area contributed by atoms with Gasteiger partial charge in [0.1, 0.15) is 23.8 Å². The van der Waals surface area contributed by atoms with E-state index in [1.807, 2.05) is 50.2 Å². The minimum absolute atomic E-state index is 0.101. The number of imidazole rings is 1. The highest BCUT2D eigenvalue weighted by atomic mass is 35.5. The fourth-order valence-electron chi connectivity index (χ4n) is 6.28. The predicted molar refractivity (Wildman–Crippen MR) is 163 cm³/mol. The number of fused-ring (bicyclic) bond motifs is 3. The number of esters is 1. The molecule has 0 spiro atoms. The summed E-state index contributed by atoms with van der Waals surface area (Å²) in [6.45, 7) is 6.87. The number of nitrogens with zero attached hydrogens (tertiary/aromatic N) is 2. The van der Waals surface area contributed by atoms with Gasteiger partial charge < -0.3 is 24.3 Å². The van der Waals surface area contributed by atoms with E-state index in [4.69, 9.17) is 35.5 Å². The summed E-state index contributed by atoms with van der Waals surface area (Å²) in [5.41, 5.74) is 4.46. The van der Waals surface area contributed by atoms with Crippen LogP contribution in [0.25, 0.3) is 5.69 Å². The summed E-state index contributed by atoms with van der Waals surface area (Å²) < 4.78 is 25.6. The molecule has 1 N–H and O–H groups in total. The fourth-order valence-corrected chi connectivity index (χ4v) is 6.46. The van der Waals surface area contributed by atoms with E-state index < -0.39 is 12.2 Å². The maximum atomic E-state index is 13.6. The Morgan fingerprint density at radius 2 is 1.95 bits per heavy atom. The van der Waals surface area contributed by atoms with Gasteiger partial charge in [-0.2, -0.15) is 0 Å². The second-order valence-electron chi connectivity index (χ2n) is 11.2. The van der Waals surface area contributed by atoms with Gasteiger partial charge in [-0.05, 0) is 76.8 Å². The van der Waals surface area contributed by atoms with Crippen molar-refractivity contribution < 1.29 is 28.5 Å². The Kier molecular flexibility index (Phi) is 9.74. The Bertz CT molecular complexity index is 1490. The van der Waals surface area contributed by atoms with Crippen molar-refractivity contribution in [1.29, 1.82) is 0 Å². The fraction of sp³-hybridized carbons (Fsp3) is 0.485. The first-order valence-electron chi connectivity index (χ1n) is 14.9. The number of aryl methyl sites for hydroxylation is 1. The van der Waals surface area contributed by atoms with Gasteiger partial charge in [0.15, 0.2) is 11.5 Å². The van der Waals surface area contributed by atoms with Gasteiger partial charge >= 0.3 is 5.97 Å². The zero-order chi connectivity index (χ0) is 30.7. The summed E-state index contributed by atoms with van der Waals surface area (Å²) >= 11 is 6.56. The van der Waals surface area contributed by atoms with Gasteiger partial charge in [-0.3, -0.25) is 14.2 Å². The smallest absolute Gasteiger partial charge is 0.306 e. The second-order valence-corrected chi connectivity index (χ2v) is 11.6. The van der Waals surface area contributed by atoms with Gasteiger partial charge in [0, 0.05) is 34.7 Å². The molecule has 1 aromatic heterocycles. The topological polar surface area (TPSA) is 101 Å². The molecule has 4 unspecified atom stereocenters. The standard InChI is InChI=1S/C33H40ClN3O6/c1-6-42-30(39)17-21-14-15-35-25(16-21)27(38)12-13-29-33-36-19(2)20(3)37(33)26-11-10-22(34)18-24(26)31(43-29)23-8-7-9-28(40-4)32(23)41-5/h7-11,18,21,25,29,31,35H,6,12-17H2,1-5H3. The van der Waals surface area contributed by atoms with E-state index in [2.05, 4.69) is 9.88 Å². The van der Waals surface area contributed by atoms with Gasteiger partial charge in [0.25, 0.3) is 0 Å². The Labute approximate surface area is 257 Å². The average Bonchev–Trinajstić information content (AvgIpc) is 3.22. The quantitative estimate of drug-likeness (QED) is 0.280. The van der Waals surface area contributed by atoms with Crippen LogP contribution in [0.3, 0.4) is 0 Å². The van der Waals surface area contributed by atoms with Crippen LogP contribution in [-0.4, -0.2) is 54.7 Å². The van der Waals surface area contributed by atoms with Crippen molar-refractivity contribution in [3.63, 3.8) is 0 Å². The molecule has 0 amide bonds. The van der Waals surface area contributed by atoms with Crippen LogP contribution in [0.1, 0.15) is 79.6 Å². The first-order valence-corrected chi connectivity index (χ1v) is 15.3. The number of hydrogen-bond donors (Lipinski definition) is 1. The van der Waals surface area contributed by atoms with Crippen LogP contribution in [-0.2, 0) is 19.1 Å². The molecule has 5 rings (SSSR count). The van der Waals surface area contributed by atoms with E-state index in [0.29, 0.717) is 55.4 Å². The highest BCUT2D eigenvalue weighted by Crippen LogP contribution is 2.47. The minimum atomic E-state index is -0.568. The number of halogens is 1. The molecule has 0 bridgehead atoms. The van der Waals surface area contributed by atoms with E-state index >= 15 is 0 Å². The average molecular weight is 610 g/mol. The molecule has 1 saturated heterocycles. The summed E-state index contributed by atoms with van der Waals surface area (Å²) in [6, 6.07) is 11.2. The van der Waals surface area contributed by atoms with E-state index in [0.717, 1.165) is 40.4 Å². The molecule has 10 heteroatoms. The molecule has 0 radical (unpaired) electrons. The van der Waals surface area contributed by atoms with Crippen molar-refractivity contribution in [1.82, 2.24) is 14.9 Å². The van der Waals surface area contributed by atoms with Crippen molar-refractivity contribution >= 4 is 23.4 Å². The number of carbonyl (C=O) groups is 2. The van der Waals surface area contributed by atoms with Gasteiger partial charge in [-0.25, -0.2) is 4.98 Å². The summed E-state index contributed by atoms with van der Waals surface area (Å²) in [6.07, 6.45) is 1.45. The van der Waals surface area contributed by atoms with Crippen molar-refractivity contribution in [3.8, 4) is 17.2 Å². The highest BCUT2D eigenvalue weighted by molar-refractivity contribution is 6.30. The third-order valence-electron chi connectivity index (χ3n) is 8.50. The number of carbonyl (C=O) groups excluding carboxylic acids is 2. The molecule has 1 fully saturated rings. The maximum Gasteiger partial charge on any atom is 0.306 e. The number of benzene rings is 2. The lowest BCUT2D eigenvalue weighted by molar-refractivity contribution is -0.144. The van der Waals surface area contributed by atoms with E-state index in [9.17, 15) is 9.59 Å². The largest absolute Gasteiger partial charge is 0.493 e. The first-order chi connectivity index (χ1) is 20.7. The SMILES string of the molecule is CCOC(=O)CC1CCNC(C(=O)CCC2OC(c3cccc(OC)c3OC)c3cc(Cl)ccc3-n3c2nc(C)c3C)C1. The summed E-state index contributed by atoms with van der Waals surface area (Å²) in [5, 5.41) is 3.94. The van der Waals surface area contributed by atoms with Crippen LogP contribution in [0.2, 0.25) is 5.02 Å². The monoisotopic (exact) mass is 609 g/mol. The lowest BCUT2D eigenvalue weighted by Gasteiger charge is -2.29. The number of rotatable bonds is 10. The maximum absolute atomic E-state index is 13.6. The van der Waals surface area contributed by atoms with E-state index in [-0.39, 0.29) is 23.7 Å². The van der Waals surface area contributed by atoms with Gasteiger partial charge in [-0.1, -0.05) is 23.7 Å². The Balaban J connectivity index is 1.47. The molecular weight excluding hydrogens is 570 g/mol. The zero-order valence-corrected chi connectivity index (χ0v) is 26.2. The summed E-state index contributed by atoms with van der Waals surface area (Å²) in [5.74, 6) is 1.92. The molecule has 2 aliphatic heterocycles. The molecule has 0 saturated carbocycles. The lowest BCUT2D eigenvalue weighted by Crippen LogP contribution is -2.44. The molecule has 3 aromatic rings. The summed E-state index contributed by atoms with van der Waals surface area (Å²) in [4.78, 5) is 30.6. The van der Waals surface area contributed by atoms with Crippen LogP contribution in [0.4, 0.5) is 0 Å². The molecule has 230 valence electrons. The van der Waals surface area contributed by atoms with Crippen molar-refractivity contribution in [3.05, 3.63) is 69.8 Å². The molecule has 43 heavy (non-hydrogen) atoms. The van der Waals surface area contributed by atoms with Crippen LogP contribution in [0.15, 0.2) is 36.4 Å². The zero-order valence-electron chi connectivity index (χ0n) is 25.4. The summed E-state index contributed by atoms with van der Waals surface area (Å²) in [7, 11) is 3.21. The number of aromatic nitrogens is 2. The number of hydrogen-bond acceptors (Lipinski definition) is 8. The molecule has 2 aliphatic rings. The van der Waals surface area contributed by atoms with E-state index in [1.165, 1.54) is 0 Å². The van der Waals surface area contributed by atoms with Gasteiger partial charge in [-0.15, -0.1) is 0 Å².